The number of benzene rings is 1. The third kappa shape index (κ3) is 4.29. The van der Waals surface area contributed by atoms with Crippen LogP contribution in [0.15, 0.2) is 70.4 Å². The van der Waals surface area contributed by atoms with Crippen molar-refractivity contribution in [1.29, 1.82) is 0 Å². The standard InChI is InChI=1S/C18H17N5O3/c24-16(13-23-17(25)7-4-10-20-23)19-11-12-22-18(26)9-8-15(21-22)14-5-2-1-3-6-14/h1-10H,11-13H2,(H,19,24). The van der Waals surface area contributed by atoms with Gasteiger partial charge in [0, 0.05) is 30.4 Å². The highest BCUT2D eigenvalue weighted by Crippen LogP contribution is 2.13. The first kappa shape index (κ1) is 17.3. The zero-order chi connectivity index (χ0) is 18.4. The lowest BCUT2D eigenvalue weighted by molar-refractivity contribution is -0.121. The van der Waals surface area contributed by atoms with Crippen molar-refractivity contribution in [3.8, 4) is 11.3 Å². The Hall–Kier alpha value is -3.55. The minimum absolute atomic E-state index is 0.175. The Bertz CT molecular complexity index is 1010. The molecule has 132 valence electrons. The van der Waals surface area contributed by atoms with Crippen LogP contribution >= 0.6 is 0 Å². The smallest absolute Gasteiger partial charge is 0.267 e. The maximum absolute atomic E-state index is 11.9. The van der Waals surface area contributed by atoms with Crippen molar-refractivity contribution in [1.82, 2.24) is 24.9 Å². The fourth-order valence-corrected chi connectivity index (χ4v) is 2.37. The Morgan fingerprint density at radius 2 is 1.69 bits per heavy atom. The molecule has 0 saturated carbocycles. The molecule has 0 bridgehead atoms. The van der Waals surface area contributed by atoms with E-state index >= 15 is 0 Å². The molecule has 2 aromatic heterocycles. The fourth-order valence-electron chi connectivity index (χ4n) is 2.37. The van der Waals surface area contributed by atoms with Gasteiger partial charge >= 0.3 is 0 Å². The first-order chi connectivity index (χ1) is 12.6. The molecule has 1 aromatic carbocycles. The van der Waals surface area contributed by atoms with Crippen LogP contribution in [-0.4, -0.2) is 32.0 Å². The summed E-state index contributed by atoms with van der Waals surface area (Å²) >= 11 is 0. The molecule has 0 saturated heterocycles. The van der Waals surface area contributed by atoms with E-state index in [0.717, 1.165) is 10.2 Å². The summed E-state index contributed by atoms with van der Waals surface area (Å²) in [6.07, 6.45) is 1.44. The van der Waals surface area contributed by atoms with Gasteiger partial charge in [0.2, 0.25) is 5.91 Å². The van der Waals surface area contributed by atoms with Crippen LogP contribution in [0.4, 0.5) is 0 Å². The van der Waals surface area contributed by atoms with Crippen LogP contribution in [0.1, 0.15) is 0 Å². The molecule has 26 heavy (non-hydrogen) atoms. The maximum Gasteiger partial charge on any atom is 0.267 e. The number of rotatable bonds is 6. The average Bonchev–Trinajstić information content (AvgIpc) is 2.66. The summed E-state index contributed by atoms with van der Waals surface area (Å²) in [5, 5.41) is 10.8. The van der Waals surface area contributed by atoms with Gasteiger partial charge in [-0.05, 0) is 12.1 Å². The lowest BCUT2D eigenvalue weighted by Gasteiger charge is -2.09. The van der Waals surface area contributed by atoms with Crippen LogP contribution in [0.25, 0.3) is 11.3 Å². The van der Waals surface area contributed by atoms with Gasteiger partial charge in [-0.15, -0.1) is 0 Å². The highest BCUT2D eigenvalue weighted by Gasteiger charge is 2.06. The molecule has 2 heterocycles. The van der Waals surface area contributed by atoms with E-state index in [1.807, 2.05) is 30.3 Å². The quantitative estimate of drug-likeness (QED) is 0.688. The van der Waals surface area contributed by atoms with Gasteiger partial charge in [-0.3, -0.25) is 14.4 Å². The van der Waals surface area contributed by atoms with E-state index in [-0.39, 0.29) is 36.7 Å². The zero-order valence-electron chi connectivity index (χ0n) is 13.9. The average molecular weight is 351 g/mol. The van der Waals surface area contributed by atoms with Gasteiger partial charge in [-0.25, -0.2) is 9.36 Å². The Balaban J connectivity index is 1.61. The van der Waals surface area contributed by atoms with Crippen molar-refractivity contribution in [2.45, 2.75) is 13.1 Å². The predicted octanol–water partition coefficient (Wildman–Crippen LogP) is 0.283. The lowest BCUT2D eigenvalue weighted by atomic mass is 10.1. The lowest BCUT2D eigenvalue weighted by Crippen LogP contribution is -2.36. The molecule has 8 nitrogen and oxygen atoms in total. The second-order valence-corrected chi connectivity index (χ2v) is 5.52. The van der Waals surface area contributed by atoms with Crippen molar-refractivity contribution < 1.29 is 4.79 Å². The molecule has 8 heteroatoms. The van der Waals surface area contributed by atoms with Crippen LogP contribution in [0.3, 0.4) is 0 Å². The largest absolute Gasteiger partial charge is 0.353 e. The van der Waals surface area contributed by atoms with E-state index in [0.29, 0.717) is 5.69 Å². The van der Waals surface area contributed by atoms with Gasteiger partial charge in [0.25, 0.3) is 11.1 Å². The van der Waals surface area contributed by atoms with E-state index < -0.39 is 0 Å². The third-order valence-corrected chi connectivity index (χ3v) is 3.66. The normalized spacial score (nSPS) is 10.5. The third-order valence-electron chi connectivity index (χ3n) is 3.66. The number of amides is 1. The van der Waals surface area contributed by atoms with Crippen LogP contribution < -0.4 is 16.4 Å². The second kappa shape index (κ2) is 8.02. The molecule has 0 unspecified atom stereocenters. The summed E-state index contributed by atoms with van der Waals surface area (Å²) in [5.41, 5.74) is 0.979. The fraction of sp³-hybridized carbons (Fsp3) is 0.167. The first-order valence-electron chi connectivity index (χ1n) is 8.06. The molecule has 1 N–H and O–H groups in total. The predicted molar refractivity (Wildman–Crippen MR) is 95.4 cm³/mol. The Morgan fingerprint density at radius 3 is 2.46 bits per heavy atom. The number of nitrogens with one attached hydrogen (secondary N) is 1. The molecular weight excluding hydrogens is 334 g/mol. The summed E-state index contributed by atoms with van der Waals surface area (Å²) in [6, 6.07) is 15.5. The highest BCUT2D eigenvalue weighted by molar-refractivity contribution is 5.75. The summed E-state index contributed by atoms with van der Waals surface area (Å²) in [4.78, 5) is 35.4. The van der Waals surface area contributed by atoms with E-state index in [9.17, 15) is 14.4 Å². The monoisotopic (exact) mass is 351 g/mol. The minimum Gasteiger partial charge on any atom is -0.353 e. The van der Waals surface area contributed by atoms with Gasteiger partial charge in [-0.2, -0.15) is 10.2 Å². The number of carbonyl (C=O) groups is 1. The van der Waals surface area contributed by atoms with Gasteiger partial charge in [0.05, 0.1) is 12.2 Å². The van der Waals surface area contributed by atoms with Crippen LogP contribution in [0.2, 0.25) is 0 Å². The summed E-state index contributed by atoms with van der Waals surface area (Å²) in [5.74, 6) is -0.363. The van der Waals surface area contributed by atoms with Crippen molar-refractivity contribution in [3.63, 3.8) is 0 Å². The molecule has 0 aliphatic heterocycles. The Morgan fingerprint density at radius 1 is 0.923 bits per heavy atom. The minimum atomic E-state index is -0.363. The van der Waals surface area contributed by atoms with E-state index in [2.05, 4.69) is 15.5 Å². The molecule has 0 radical (unpaired) electrons. The van der Waals surface area contributed by atoms with Crippen molar-refractivity contribution in [3.05, 3.63) is 81.5 Å². The van der Waals surface area contributed by atoms with Crippen LogP contribution in [-0.2, 0) is 17.9 Å². The summed E-state index contributed by atoms with van der Waals surface area (Å²) in [6.45, 7) is 0.264. The summed E-state index contributed by atoms with van der Waals surface area (Å²) in [7, 11) is 0. The zero-order valence-corrected chi connectivity index (χ0v) is 13.9. The highest BCUT2D eigenvalue weighted by atomic mass is 16.2. The van der Waals surface area contributed by atoms with Crippen molar-refractivity contribution >= 4 is 5.91 Å². The summed E-state index contributed by atoms with van der Waals surface area (Å²) < 4.78 is 2.37. The number of aromatic nitrogens is 4. The second-order valence-electron chi connectivity index (χ2n) is 5.52. The number of hydrogen-bond donors (Lipinski definition) is 1. The first-order valence-corrected chi connectivity index (χ1v) is 8.06. The van der Waals surface area contributed by atoms with Gasteiger partial charge < -0.3 is 5.32 Å². The molecule has 0 fully saturated rings. The number of carbonyl (C=O) groups excluding carboxylic acids is 1. The van der Waals surface area contributed by atoms with Gasteiger partial charge in [-0.1, -0.05) is 30.3 Å². The molecule has 0 aliphatic carbocycles. The van der Waals surface area contributed by atoms with E-state index in [4.69, 9.17) is 0 Å². The van der Waals surface area contributed by atoms with E-state index in [1.54, 1.807) is 6.07 Å². The van der Waals surface area contributed by atoms with E-state index in [1.165, 1.54) is 29.1 Å². The van der Waals surface area contributed by atoms with Crippen LogP contribution in [0.5, 0.6) is 0 Å². The van der Waals surface area contributed by atoms with Gasteiger partial charge in [0.15, 0.2) is 0 Å². The van der Waals surface area contributed by atoms with Crippen LogP contribution in [0, 0.1) is 0 Å². The SMILES string of the molecule is O=C(Cn1ncccc1=O)NCCn1nc(-c2ccccc2)ccc1=O. The molecule has 0 spiro atoms. The molecule has 0 atom stereocenters. The molecular formula is C18H17N5O3. The Kier molecular flexibility index (Phi) is 5.33. The molecule has 1 amide bonds. The van der Waals surface area contributed by atoms with Crippen molar-refractivity contribution in [2.75, 3.05) is 6.54 Å². The Labute approximate surface area is 148 Å². The number of nitrogens with zero attached hydrogens (tertiary/aromatic N) is 4. The van der Waals surface area contributed by atoms with Gasteiger partial charge in [0.1, 0.15) is 6.54 Å². The molecule has 3 rings (SSSR count). The molecule has 3 aromatic rings. The molecule has 0 aliphatic rings. The van der Waals surface area contributed by atoms with Crippen molar-refractivity contribution in [2.24, 2.45) is 0 Å². The number of hydrogen-bond acceptors (Lipinski definition) is 5. The maximum atomic E-state index is 11.9. The topological polar surface area (TPSA) is 98.9 Å².